The SMILES string of the molecule is COc1cc(C)c(C)cc1NC(CC(=O)O)C(=O)O. The first-order valence-corrected chi connectivity index (χ1v) is 5.71. The third kappa shape index (κ3) is 3.87. The van der Waals surface area contributed by atoms with Crippen LogP contribution in [0, 0.1) is 13.8 Å². The van der Waals surface area contributed by atoms with E-state index < -0.39 is 24.4 Å². The molecule has 0 amide bonds. The van der Waals surface area contributed by atoms with Gasteiger partial charge in [-0.3, -0.25) is 4.79 Å². The predicted molar refractivity (Wildman–Crippen MR) is 69.8 cm³/mol. The monoisotopic (exact) mass is 267 g/mol. The molecule has 0 aromatic heterocycles. The molecule has 1 aromatic rings. The van der Waals surface area contributed by atoms with E-state index in [4.69, 9.17) is 14.9 Å². The fourth-order valence-electron chi connectivity index (χ4n) is 1.63. The maximum Gasteiger partial charge on any atom is 0.326 e. The third-order valence-corrected chi connectivity index (χ3v) is 2.82. The fraction of sp³-hybridized carbons (Fsp3) is 0.385. The Balaban J connectivity index is 3.04. The van der Waals surface area contributed by atoms with Gasteiger partial charge in [0.25, 0.3) is 0 Å². The lowest BCUT2D eigenvalue weighted by molar-refractivity contribution is -0.144. The lowest BCUT2D eigenvalue weighted by atomic mass is 10.1. The van der Waals surface area contributed by atoms with Crippen LogP contribution in [-0.4, -0.2) is 35.3 Å². The standard InChI is InChI=1S/C13H17NO5/c1-7-4-9(11(19-3)5-8(7)2)14-10(13(17)18)6-12(15)16/h4-5,10,14H,6H2,1-3H3,(H,15,16)(H,17,18). The largest absolute Gasteiger partial charge is 0.495 e. The first-order valence-electron chi connectivity index (χ1n) is 5.71. The molecule has 3 N–H and O–H groups in total. The van der Waals surface area contributed by atoms with E-state index in [9.17, 15) is 9.59 Å². The summed E-state index contributed by atoms with van der Waals surface area (Å²) in [5, 5.41) is 20.4. The van der Waals surface area contributed by atoms with Crippen LogP contribution in [0.2, 0.25) is 0 Å². The van der Waals surface area contributed by atoms with Crippen molar-refractivity contribution < 1.29 is 24.5 Å². The summed E-state index contributed by atoms with van der Waals surface area (Å²) in [5.74, 6) is -1.91. The Labute approximate surface area is 111 Å². The average molecular weight is 267 g/mol. The van der Waals surface area contributed by atoms with Gasteiger partial charge in [-0.25, -0.2) is 4.79 Å². The number of hydrogen-bond donors (Lipinski definition) is 3. The Bertz CT molecular complexity index is 498. The van der Waals surface area contributed by atoms with E-state index in [2.05, 4.69) is 5.32 Å². The van der Waals surface area contributed by atoms with Gasteiger partial charge in [-0.2, -0.15) is 0 Å². The molecule has 6 nitrogen and oxygen atoms in total. The zero-order valence-electron chi connectivity index (χ0n) is 11.1. The molecule has 0 bridgehead atoms. The highest BCUT2D eigenvalue weighted by atomic mass is 16.5. The Morgan fingerprint density at radius 1 is 1.26 bits per heavy atom. The van der Waals surface area contributed by atoms with Crippen LogP contribution < -0.4 is 10.1 Å². The maximum atomic E-state index is 11.0. The minimum atomic E-state index is -1.22. The zero-order chi connectivity index (χ0) is 14.6. The minimum absolute atomic E-state index is 0.472. The molecule has 0 heterocycles. The van der Waals surface area contributed by atoms with Crippen LogP contribution in [0.3, 0.4) is 0 Å². The van der Waals surface area contributed by atoms with Gasteiger partial charge < -0.3 is 20.3 Å². The van der Waals surface area contributed by atoms with E-state index >= 15 is 0 Å². The van der Waals surface area contributed by atoms with E-state index in [-0.39, 0.29) is 0 Å². The number of hydrogen-bond acceptors (Lipinski definition) is 4. The summed E-state index contributed by atoms with van der Waals surface area (Å²) < 4.78 is 5.16. The van der Waals surface area contributed by atoms with Crippen molar-refractivity contribution in [2.45, 2.75) is 26.3 Å². The summed E-state index contributed by atoms with van der Waals surface area (Å²) in [7, 11) is 1.47. The van der Waals surface area contributed by atoms with Crippen LogP contribution in [-0.2, 0) is 9.59 Å². The van der Waals surface area contributed by atoms with Gasteiger partial charge >= 0.3 is 11.9 Å². The van der Waals surface area contributed by atoms with Gasteiger partial charge in [0.2, 0.25) is 0 Å². The van der Waals surface area contributed by atoms with Crippen LogP contribution in [0.25, 0.3) is 0 Å². The fourth-order valence-corrected chi connectivity index (χ4v) is 1.63. The number of aryl methyl sites for hydroxylation is 2. The van der Waals surface area contributed by atoms with Crippen molar-refractivity contribution in [1.29, 1.82) is 0 Å². The normalized spacial score (nSPS) is 11.7. The van der Waals surface area contributed by atoms with Crippen molar-refractivity contribution in [2.75, 3.05) is 12.4 Å². The van der Waals surface area contributed by atoms with Crippen molar-refractivity contribution in [3.05, 3.63) is 23.3 Å². The molecular weight excluding hydrogens is 250 g/mol. The smallest absolute Gasteiger partial charge is 0.326 e. The number of aliphatic carboxylic acids is 2. The molecule has 0 aliphatic heterocycles. The predicted octanol–water partition coefficient (Wildman–Crippen LogP) is 1.65. The summed E-state index contributed by atoms with van der Waals surface area (Å²) in [4.78, 5) is 21.7. The van der Waals surface area contributed by atoms with Crippen molar-refractivity contribution in [3.63, 3.8) is 0 Å². The van der Waals surface area contributed by atoms with Crippen LogP contribution in [0.15, 0.2) is 12.1 Å². The molecule has 1 rings (SSSR count). The molecule has 104 valence electrons. The molecule has 0 aliphatic carbocycles. The first kappa shape index (κ1) is 14.8. The van der Waals surface area contributed by atoms with Crippen molar-refractivity contribution in [1.82, 2.24) is 0 Å². The van der Waals surface area contributed by atoms with Crippen LogP contribution in [0.5, 0.6) is 5.75 Å². The number of carbonyl (C=O) groups is 2. The second-order valence-electron chi connectivity index (χ2n) is 4.27. The van der Waals surface area contributed by atoms with Crippen LogP contribution in [0.1, 0.15) is 17.5 Å². The van der Waals surface area contributed by atoms with Gasteiger partial charge in [0.05, 0.1) is 19.2 Å². The third-order valence-electron chi connectivity index (χ3n) is 2.82. The van der Waals surface area contributed by atoms with Crippen LogP contribution in [0.4, 0.5) is 5.69 Å². The highest BCUT2D eigenvalue weighted by Crippen LogP contribution is 2.28. The number of carboxylic acids is 2. The Morgan fingerprint density at radius 3 is 2.32 bits per heavy atom. The second-order valence-corrected chi connectivity index (χ2v) is 4.27. The number of methoxy groups -OCH3 is 1. The van der Waals surface area contributed by atoms with E-state index in [0.29, 0.717) is 11.4 Å². The van der Waals surface area contributed by atoms with Crippen molar-refractivity contribution >= 4 is 17.6 Å². The molecule has 0 fully saturated rings. The van der Waals surface area contributed by atoms with Gasteiger partial charge in [0.15, 0.2) is 0 Å². The lowest BCUT2D eigenvalue weighted by Crippen LogP contribution is -2.31. The number of rotatable bonds is 6. The summed E-state index contributed by atoms with van der Waals surface area (Å²) >= 11 is 0. The van der Waals surface area contributed by atoms with E-state index in [1.807, 2.05) is 13.8 Å². The molecule has 0 spiro atoms. The molecule has 1 atom stereocenters. The minimum Gasteiger partial charge on any atom is -0.495 e. The summed E-state index contributed by atoms with van der Waals surface area (Å²) in [6.45, 7) is 3.79. The Morgan fingerprint density at radius 2 is 1.84 bits per heavy atom. The van der Waals surface area contributed by atoms with Gasteiger partial charge in [0, 0.05) is 0 Å². The molecule has 0 saturated carbocycles. The topological polar surface area (TPSA) is 95.9 Å². The number of nitrogens with one attached hydrogen (secondary N) is 1. The van der Waals surface area contributed by atoms with E-state index in [1.165, 1.54) is 7.11 Å². The average Bonchev–Trinajstić information content (AvgIpc) is 2.31. The van der Waals surface area contributed by atoms with Gasteiger partial charge in [-0.15, -0.1) is 0 Å². The number of ether oxygens (including phenoxy) is 1. The molecule has 1 aromatic carbocycles. The first-order chi connectivity index (χ1) is 8.85. The molecule has 19 heavy (non-hydrogen) atoms. The highest BCUT2D eigenvalue weighted by Gasteiger charge is 2.22. The second kappa shape index (κ2) is 6.08. The van der Waals surface area contributed by atoms with Gasteiger partial charge in [-0.05, 0) is 37.1 Å². The summed E-state index contributed by atoms with van der Waals surface area (Å²) in [6.07, 6.45) is -0.509. The molecular formula is C13H17NO5. The van der Waals surface area contributed by atoms with E-state index in [0.717, 1.165) is 11.1 Å². The number of anilines is 1. The van der Waals surface area contributed by atoms with Crippen molar-refractivity contribution in [3.8, 4) is 5.75 Å². The van der Waals surface area contributed by atoms with Gasteiger partial charge in [-0.1, -0.05) is 0 Å². The van der Waals surface area contributed by atoms with Crippen LogP contribution >= 0.6 is 0 Å². The molecule has 0 aliphatic rings. The number of benzene rings is 1. The Kier molecular flexibility index (Phi) is 4.74. The molecule has 0 saturated heterocycles. The maximum absolute atomic E-state index is 11.0. The lowest BCUT2D eigenvalue weighted by Gasteiger charge is -2.18. The summed E-state index contributed by atoms with van der Waals surface area (Å²) in [5.41, 5.74) is 2.44. The van der Waals surface area contributed by atoms with Crippen molar-refractivity contribution in [2.24, 2.45) is 0 Å². The molecule has 6 heteroatoms. The van der Waals surface area contributed by atoms with E-state index in [1.54, 1.807) is 12.1 Å². The number of carboxylic acid groups (broad SMARTS) is 2. The Hall–Kier alpha value is -2.24. The zero-order valence-corrected chi connectivity index (χ0v) is 11.1. The molecule has 0 radical (unpaired) electrons. The quantitative estimate of drug-likeness (QED) is 0.725. The van der Waals surface area contributed by atoms with Gasteiger partial charge in [0.1, 0.15) is 11.8 Å². The highest BCUT2D eigenvalue weighted by molar-refractivity contribution is 5.84. The molecule has 1 unspecified atom stereocenters. The summed E-state index contributed by atoms with van der Waals surface area (Å²) in [6, 6.07) is 2.32.